The number of nitrogens with one attached hydrogen (secondary N) is 2. The zero-order valence-corrected chi connectivity index (χ0v) is 12.4. The van der Waals surface area contributed by atoms with Crippen molar-refractivity contribution in [2.24, 2.45) is 0 Å². The normalized spacial score (nSPS) is 10.3. The molecule has 1 aromatic heterocycles. The average molecular weight is 304 g/mol. The summed E-state index contributed by atoms with van der Waals surface area (Å²) in [6.07, 6.45) is 0. The van der Waals surface area contributed by atoms with Crippen LogP contribution in [0.1, 0.15) is 16.2 Å². The highest BCUT2D eigenvalue weighted by Gasteiger charge is 2.11. The Morgan fingerprint density at radius 3 is 2.82 bits per heavy atom. The number of amides is 1. The van der Waals surface area contributed by atoms with Crippen LogP contribution in [0.4, 0.5) is 16.0 Å². The maximum Gasteiger partial charge on any atom is 0.270 e. The third-order valence-corrected chi connectivity index (χ3v) is 2.80. The number of methoxy groups -OCH3 is 1. The molecule has 1 heterocycles. The standard InChI is InChI=1S/C15H17FN4O2/c1-10-9-13(14(21)17-7-8-22-2)20-15(18-10)19-12-6-4-3-5-11(12)16/h3-6,9H,7-8H2,1-2H3,(H,17,21)(H,18,19,20). The number of hydrogen-bond acceptors (Lipinski definition) is 5. The second-order valence-corrected chi connectivity index (χ2v) is 4.57. The van der Waals surface area contributed by atoms with Gasteiger partial charge in [0, 0.05) is 19.3 Å². The lowest BCUT2D eigenvalue weighted by molar-refractivity contribution is 0.0932. The van der Waals surface area contributed by atoms with Crippen LogP contribution in [0.3, 0.4) is 0 Å². The summed E-state index contributed by atoms with van der Waals surface area (Å²) in [5, 5.41) is 5.45. The minimum Gasteiger partial charge on any atom is -0.383 e. The summed E-state index contributed by atoms with van der Waals surface area (Å²) in [5.74, 6) is -0.583. The number of aromatic nitrogens is 2. The van der Waals surface area contributed by atoms with E-state index in [2.05, 4.69) is 20.6 Å². The van der Waals surface area contributed by atoms with Crippen LogP contribution >= 0.6 is 0 Å². The van der Waals surface area contributed by atoms with E-state index in [0.29, 0.717) is 18.8 Å². The van der Waals surface area contributed by atoms with Crippen LogP contribution in [0.2, 0.25) is 0 Å². The maximum absolute atomic E-state index is 13.6. The molecule has 0 aliphatic carbocycles. The predicted octanol–water partition coefficient (Wildman–Crippen LogP) is 2.04. The number of benzene rings is 1. The van der Waals surface area contributed by atoms with Gasteiger partial charge < -0.3 is 15.4 Å². The Kier molecular flexibility index (Phi) is 5.37. The third-order valence-electron chi connectivity index (χ3n) is 2.80. The van der Waals surface area contributed by atoms with Crippen molar-refractivity contribution in [1.29, 1.82) is 0 Å². The van der Waals surface area contributed by atoms with Crippen LogP contribution < -0.4 is 10.6 Å². The monoisotopic (exact) mass is 304 g/mol. The Bertz CT molecular complexity index is 664. The Morgan fingerprint density at radius 2 is 2.09 bits per heavy atom. The van der Waals surface area contributed by atoms with Crippen molar-refractivity contribution in [3.05, 3.63) is 47.5 Å². The molecule has 2 aromatic rings. The summed E-state index contributed by atoms with van der Waals surface area (Å²) in [5.41, 5.74) is 1.06. The molecule has 2 N–H and O–H groups in total. The van der Waals surface area contributed by atoms with Gasteiger partial charge in [-0.1, -0.05) is 12.1 Å². The van der Waals surface area contributed by atoms with Crippen molar-refractivity contribution in [3.63, 3.8) is 0 Å². The molecule has 0 atom stereocenters. The van der Waals surface area contributed by atoms with Gasteiger partial charge in [-0.2, -0.15) is 0 Å². The Balaban J connectivity index is 2.16. The zero-order chi connectivity index (χ0) is 15.9. The topological polar surface area (TPSA) is 76.1 Å². The van der Waals surface area contributed by atoms with E-state index in [4.69, 9.17) is 4.74 Å². The van der Waals surface area contributed by atoms with Crippen LogP contribution in [-0.2, 0) is 4.74 Å². The first-order chi connectivity index (χ1) is 10.6. The van der Waals surface area contributed by atoms with E-state index in [1.165, 1.54) is 6.07 Å². The molecule has 1 amide bonds. The molecule has 0 spiro atoms. The minimum atomic E-state index is -0.418. The number of halogens is 1. The van der Waals surface area contributed by atoms with Crippen LogP contribution in [0.25, 0.3) is 0 Å². The SMILES string of the molecule is COCCNC(=O)c1cc(C)nc(Nc2ccccc2F)n1. The second kappa shape index (κ2) is 7.46. The number of nitrogens with zero attached hydrogens (tertiary/aromatic N) is 2. The number of rotatable bonds is 6. The number of anilines is 2. The molecule has 0 radical (unpaired) electrons. The summed E-state index contributed by atoms with van der Waals surface area (Å²) in [6, 6.07) is 7.75. The van der Waals surface area contributed by atoms with Crippen molar-refractivity contribution in [2.45, 2.75) is 6.92 Å². The van der Waals surface area contributed by atoms with Gasteiger partial charge in [0.05, 0.1) is 12.3 Å². The fourth-order valence-electron chi connectivity index (χ4n) is 1.78. The van der Waals surface area contributed by atoms with Crippen molar-refractivity contribution >= 4 is 17.5 Å². The fraction of sp³-hybridized carbons (Fsp3) is 0.267. The molecular weight excluding hydrogens is 287 g/mol. The van der Waals surface area contributed by atoms with Crippen molar-refractivity contribution < 1.29 is 13.9 Å². The van der Waals surface area contributed by atoms with Gasteiger partial charge in [0.2, 0.25) is 5.95 Å². The molecule has 0 saturated carbocycles. The van der Waals surface area contributed by atoms with Gasteiger partial charge in [-0.25, -0.2) is 14.4 Å². The lowest BCUT2D eigenvalue weighted by Crippen LogP contribution is -2.28. The van der Waals surface area contributed by atoms with Gasteiger partial charge in [-0.05, 0) is 25.1 Å². The van der Waals surface area contributed by atoms with E-state index >= 15 is 0 Å². The number of carbonyl (C=O) groups is 1. The Hall–Kier alpha value is -2.54. The smallest absolute Gasteiger partial charge is 0.270 e. The molecule has 0 fully saturated rings. The molecule has 116 valence electrons. The van der Waals surface area contributed by atoms with Gasteiger partial charge >= 0.3 is 0 Å². The van der Waals surface area contributed by atoms with Crippen molar-refractivity contribution in [2.75, 3.05) is 25.6 Å². The second-order valence-electron chi connectivity index (χ2n) is 4.57. The molecule has 0 unspecified atom stereocenters. The summed E-state index contributed by atoms with van der Waals surface area (Å²) in [6.45, 7) is 2.53. The molecule has 6 nitrogen and oxygen atoms in total. The van der Waals surface area contributed by atoms with Crippen LogP contribution in [0, 0.1) is 12.7 Å². The van der Waals surface area contributed by atoms with Gasteiger partial charge in [-0.3, -0.25) is 4.79 Å². The van der Waals surface area contributed by atoms with E-state index < -0.39 is 5.82 Å². The van der Waals surface area contributed by atoms with Crippen molar-refractivity contribution in [3.8, 4) is 0 Å². The van der Waals surface area contributed by atoms with E-state index in [0.717, 1.165) is 0 Å². The van der Waals surface area contributed by atoms with Gasteiger partial charge in [-0.15, -0.1) is 0 Å². The molecule has 0 bridgehead atoms. The third kappa shape index (κ3) is 4.23. The first-order valence-electron chi connectivity index (χ1n) is 6.74. The highest BCUT2D eigenvalue weighted by atomic mass is 19.1. The Morgan fingerprint density at radius 1 is 1.32 bits per heavy atom. The van der Waals surface area contributed by atoms with Crippen LogP contribution in [0.15, 0.2) is 30.3 Å². The summed E-state index contributed by atoms with van der Waals surface area (Å²) in [7, 11) is 1.55. The lowest BCUT2D eigenvalue weighted by Gasteiger charge is -2.09. The number of aryl methyl sites for hydroxylation is 1. The van der Waals surface area contributed by atoms with Crippen LogP contribution in [0.5, 0.6) is 0 Å². The van der Waals surface area contributed by atoms with E-state index in [1.807, 2.05) is 0 Å². The van der Waals surface area contributed by atoms with E-state index in [-0.39, 0.29) is 23.2 Å². The molecule has 0 aliphatic rings. The molecule has 0 saturated heterocycles. The number of carbonyl (C=O) groups excluding carboxylic acids is 1. The van der Waals surface area contributed by atoms with Crippen molar-refractivity contribution in [1.82, 2.24) is 15.3 Å². The zero-order valence-electron chi connectivity index (χ0n) is 12.4. The largest absolute Gasteiger partial charge is 0.383 e. The summed E-state index contributed by atoms with van der Waals surface area (Å²) in [4.78, 5) is 20.2. The minimum absolute atomic E-state index is 0.169. The Labute approximate surface area is 127 Å². The van der Waals surface area contributed by atoms with Crippen LogP contribution in [-0.4, -0.2) is 36.1 Å². The summed E-state index contributed by atoms with van der Waals surface area (Å²) < 4.78 is 18.5. The maximum atomic E-state index is 13.6. The number of ether oxygens (including phenoxy) is 1. The molecule has 7 heteroatoms. The first kappa shape index (κ1) is 15.8. The van der Waals surface area contributed by atoms with Gasteiger partial charge in [0.15, 0.2) is 0 Å². The quantitative estimate of drug-likeness (QED) is 0.799. The number of hydrogen-bond donors (Lipinski definition) is 2. The highest BCUT2D eigenvalue weighted by Crippen LogP contribution is 2.17. The molecule has 2 rings (SSSR count). The average Bonchev–Trinajstić information content (AvgIpc) is 2.49. The predicted molar refractivity (Wildman–Crippen MR) is 80.7 cm³/mol. The van der Waals surface area contributed by atoms with E-state index in [1.54, 1.807) is 38.3 Å². The molecular formula is C15H17FN4O2. The van der Waals surface area contributed by atoms with Gasteiger partial charge in [0.25, 0.3) is 5.91 Å². The summed E-state index contributed by atoms with van der Waals surface area (Å²) >= 11 is 0. The molecule has 22 heavy (non-hydrogen) atoms. The van der Waals surface area contributed by atoms with E-state index in [9.17, 15) is 9.18 Å². The first-order valence-corrected chi connectivity index (χ1v) is 6.74. The lowest BCUT2D eigenvalue weighted by atomic mass is 10.3. The number of para-hydroxylation sites is 1. The molecule has 1 aromatic carbocycles. The highest BCUT2D eigenvalue weighted by molar-refractivity contribution is 5.92. The fourth-order valence-corrected chi connectivity index (χ4v) is 1.78. The molecule has 0 aliphatic heterocycles. The van der Waals surface area contributed by atoms with Gasteiger partial charge in [0.1, 0.15) is 11.5 Å².